The van der Waals surface area contributed by atoms with Crippen LogP contribution in [0.5, 0.6) is 11.5 Å². The Balaban J connectivity index is 1.95. The standard InChI is InChI=1S/C13H13NO2/c14-11-4-2-1-3-10(11)9-5-6-12-13(7-9)16-8-15-12/h1-7,10-11H,8,14H2/t10-,11+/m1/s1. The first-order valence-corrected chi connectivity index (χ1v) is 5.35. The normalized spacial score (nSPS) is 26.1. The zero-order valence-electron chi connectivity index (χ0n) is 8.80. The lowest BCUT2D eigenvalue weighted by Crippen LogP contribution is -2.26. The molecule has 2 N–H and O–H groups in total. The molecule has 1 aliphatic heterocycles. The molecule has 0 amide bonds. The van der Waals surface area contributed by atoms with Crippen LogP contribution in [0.15, 0.2) is 42.5 Å². The van der Waals surface area contributed by atoms with Crippen LogP contribution in [0, 0.1) is 0 Å². The van der Waals surface area contributed by atoms with Crippen molar-refractivity contribution in [2.24, 2.45) is 5.73 Å². The number of benzene rings is 1. The summed E-state index contributed by atoms with van der Waals surface area (Å²) in [7, 11) is 0. The Morgan fingerprint density at radius 3 is 2.75 bits per heavy atom. The van der Waals surface area contributed by atoms with Crippen molar-refractivity contribution in [3.05, 3.63) is 48.1 Å². The van der Waals surface area contributed by atoms with Crippen LogP contribution in [0.2, 0.25) is 0 Å². The Morgan fingerprint density at radius 1 is 1.06 bits per heavy atom. The first-order chi connectivity index (χ1) is 7.84. The average molecular weight is 215 g/mol. The number of ether oxygens (including phenoxy) is 2. The van der Waals surface area contributed by atoms with E-state index in [1.165, 1.54) is 0 Å². The highest BCUT2D eigenvalue weighted by atomic mass is 16.7. The molecule has 2 aliphatic rings. The molecule has 0 aromatic heterocycles. The van der Waals surface area contributed by atoms with Crippen LogP contribution in [0.4, 0.5) is 0 Å². The smallest absolute Gasteiger partial charge is 0.231 e. The SMILES string of the molecule is N[C@H]1C=CC=C[C@@H]1c1ccc2c(c1)OCO2. The molecule has 0 radical (unpaired) electrons. The van der Waals surface area contributed by atoms with Gasteiger partial charge >= 0.3 is 0 Å². The maximum absolute atomic E-state index is 6.05. The second kappa shape index (κ2) is 3.68. The lowest BCUT2D eigenvalue weighted by atomic mass is 9.88. The van der Waals surface area contributed by atoms with E-state index >= 15 is 0 Å². The summed E-state index contributed by atoms with van der Waals surface area (Å²) in [5.41, 5.74) is 7.21. The number of nitrogens with two attached hydrogens (primary N) is 1. The van der Waals surface area contributed by atoms with Gasteiger partial charge in [0.05, 0.1) is 0 Å². The summed E-state index contributed by atoms with van der Waals surface area (Å²) in [5.74, 6) is 1.85. The Hall–Kier alpha value is -1.74. The van der Waals surface area contributed by atoms with Crippen molar-refractivity contribution in [2.75, 3.05) is 6.79 Å². The van der Waals surface area contributed by atoms with E-state index in [-0.39, 0.29) is 12.0 Å². The lowest BCUT2D eigenvalue weighted by molar-refractivity contribution is 0.174. The second-order valence-electron chi connectivity index (χ2n) is 3.99. The highest BCUT2D eigenvalue weighted by Crippen LogP contribution is 2.36. The zero-order valence-corrected chi connectivity index (χ0v) is 8.80. The Kier molecular flexibility index (Phi) is 2.18. The van der Waals surface area contributed by atoms with Crippen molar-refractivity contribution in [1.29, 1.82) is 0 Å². The van der Waals surface area contributed by atoms with Gasteiger partial charge in [-0.05, 0) is 17.7 Å². The second-order valence-corrected chi connectivity index (χ2v) is 3.99. The van der Waals surface area contributed by atoms with Crippen molar-refractivity contribution in [3.8, 4) is 11.5 Å². The van der Waals surface area contributed by atoms with Gasteiger partial charge in [-0.1, -0.05) is 30.4 Å². The van der Waals surface area contributed by atoms with Crippen molar-refractivity contribution in [2.45, 2.75) is 12.0 Å². The van der Waals surface area contributed by atoms with Gasteiger partial charge < -0.3 is 15.2 Å². The molecule has 0 saturated heterocycles. The van der Waals surface area contributed by atoms with E-state index in [9.17, 15) is 0 Å². The Morgan fingerprint density at radius 2 is 1.88 bits per heavy atom. The van der Waals surface area contributed by atoms with Gasteiger partial charge in [-0.3, -0.25) is 0 Å². The third-order valence-corrected chi connectivity index (χ3v) is 2.96. The van der Waals surface area contributed by atoms with Gasteiger partial charge in [0.25, 0.3) is 0 Å². The van der Waals surface area contributed by atoms with Crippen LogP contribution in [0.25, 0.3) is 0 Å². The molecule has 16 heavy (non-hydrogen) atoms. The monoisotopic (exact) mass is 215 g/mol. The van der Waals surface area contributed by atoms with Crippen molar-refractivity contribution in [3.63, 3.8) is 0 Å². The fourth-order valence-electron chi connectivity index (χ4n) is 2.08. The molecule has 0 fully saturated rings. The zero-order chi connectivity index (χ0) is 11.0. The van der Waals surface area contributed by atoms with Crippen LogP contribution >= 0.6 is 0 Å². The minimum absolute atomic E-state index is 0.0328. The van der Waals surface area contributed by atoms with Crippen molar-refractivity contribution in [1.82, 2.24) is 0 Å². The molecular formula is C13H13NO2. The van der Waals surface area contributed by atoms with Gasteiger partial charge in [0.1, 0.15) is 0 Å². The fraction of sp³-hybridized carbons (Fsp3) is 0.231. The van der Waals surface area contributed by atoms with E-state index in [0.717, 1.165) is 17.1 Å². The van der Waals surface area contributed by atoms with E-state index in [0.29, 0.717) is 6.79 Å². The van der Waals surface area contributed by atoms with Crippen molar-refractivity contribution >= 4 is 0 Å². The van der Waals surface area contributed by atoms with Gasteiger partial charge in [-0.15, -0.1) is 0 Å². The van der Waals surface area contributed by atoms with Crippen LogP contribution < -0.4 is 15.2 Å². The maximum Gasteiger partial charge on any atom is 0.231 e. The minimum atomic E-state index is 0.0328. The van der Waals surface area contributed by atoms with Crippen LogP contribution in [0.3, 0.4) is 0 Å². The van der Waals surface area contributed by atoms with E-state index in [1.807, 2.05) is 36.4 Å². The number of allylic oxidation sites excluding steroid dienone is 2. The van der Waals surface area contributed by atoms with Gasteiger partial charge in [0.2, 0.25) is 6.79 Å². The lowest BCUT2D eigenvalue weighted by Gasteiger charge is -2.20. The molecule has 2 atom stereocenters. The molecule has 1 aromatic carbocycles. The van der Waals surface area contributed by atoms with Crippen LogP contribution in [-0.2, 0) is 0 Å². The van der Waals surface area contributed by atoms with Crippen LogP contribution in [0.1, 0.15) is 11.5 Å². The molecule has 3 nitrogen and oxygen atoms in total. The fourth-order valence-corrected chi connectivity index (χ4v) is 2.08. The number of hydrogen-bond acceptors (Lipinski definition) is 3. The number of fused-ring (bicyclic) bond motifs is 1. The molecule has 0 unspecified atom stereocenters. The maximum atomic E-state index is 6.05. The van der Waals surface area contributed by atoms with E-state index in [1.54, 1.807) is 0 Å². The summed E-state index contributed by atoms with van der Waals surface area (Å²) in [5, 5.41) is 0. The highest BCUT2D eigenvalue weighted by molar-refractivity contribution is 5.47. The molecule has 0 saturated carbocycles. The summed E-state index contributed by atoms with van der Waals surface area (Å²) in [6.45, 7) is 0.311. The third-order valence-electron chi connectivity index (χ3n) is 2.96. The summed E-state index contributed by atoms with van der Waals surface area (Å²) in [6, 6.07) is 6.03. The van der Waals surface area contributed by atoms with E-state index in [2.05, 4.69) is 6.08 Å². The molecule has 1 aromatic rings. The van der Waals surface area contributed by atoms with Gasteiger partial charge in [0.15, 0.2) is 11.5 Å². The topological polar surface area (TPSA) is 44.5 Å². The Labute approximate surface area is 94.2 Å². The molecular weight excluding hydrogens is 202 g/mol. The molecule has 0 bridgehead atoms. The quantitative estimate of drug-likeness (QED) is 0.778. The van der Waals surface area contributed by atoms with Gasteiger partial charge in [0, 0.05) is 12.0 Å². The predicted octanol–water partition coefficient (Wildman–Crippen LogP) is 1.95. The summed E-state index contributed by atoms with van der Waals surface area (Å²) in [6.07, 6.45) is 8.13. The molecule has 1 heterocycles. The average Bonchev–Trinajstić information content (AvgIpc) is 2.76. The van der Waals surface area contributed by atoms with E-state index < -0.39 is 0 Å². The predicted molar refractivity (Wildman–Crippen MR) is 61.6 cm³/mol. The Bertz CT molecular complexity index is 465. The van der Waals surface area contributed by atoms with E-state index in [4.69, 9.17) is 15.2 Å². The molecule has 1 aliphatic carbocycles. The first-order valence-electron chi connectivity index (χ1n) is 5.35. The number of hydrogen-bond donors (Lipinski definition) is 1. The third kappa shape index (κ3) is 1.49. The summed E-state index contributed by atoms with van der Waals surface area (Å²) in [4.78, 5) is 0. The van der Waals surface area contributed by atoms with Gasteiger partial charge in [-0.25, -0.2) is 0 Å². The first kappa shape index (κ1) is 9.48. The minimum Gasteiger partial charge on any atom is -0.454 e. The highest BCUT2D eigenvalue weighted by Gasteiger charge is 2.20. The summed E-state index contributed by atoms with van der Waals surface area (Å²) < 4.78 is 10.6. The molecule has 3 rings (SSSR count). The van der Waals surface area contributed by atoms with Crippen molar-refractivity contribution < 1.29 is 9.47 Å². The molecule has 82 valence electrons. The summed E-state index contributed by atoms with van der Waals surface area (Å²) >= 11 is 0. The number of rotatable bonds is 1. The molecule has 3 heteroatoms. The van der Waals surface area contributed by atoms with Gasteiger partial charge in [-0.2, -0.15) is 0 Å². The molecule has 0 spiro atoms. The van der Waals surface area contributed by atoms with Crippen LogP contribution in [-0.4, -0.2) is 12.8 Å². The largest absolute Gasteiger partial charge is 0.454 e.